The molecule has 1 amide bonds. The van der Waals surface area contributed by atoms with E-state index in [2.05, 4.69) is 15.6 Å². The first kappa shape index (κ1) is 15.5. The van der Waals surface area contributed by atoms with Crippen LogP contribution in [-0.4, -0.2) is 32.6 Å². The first-order valence-corrected chi connectivity index (χ1v) is 7.33. The number of aliphatic hydroxyl groups is 1. The van der Waals surface area contributed by atoms with Gasteiger partial charge >= 0.3 is 0 Å². The minimum absolute atomic E-state index is 0.0633. The van der Waals surface area contributed by atoms with Crippen LogP contribution < -0.4 is 5.32 Å². The quantitative estimate of drug-likeness (QED) is 0.840. The van der Waals surface area contributed by atoms with Gasteiger partial charge in [0.2, 0.25) is 5.91 Å². The van der Waals surface area contributed by atoms with Crippen LogP contribution in [0.15, 0.2) is 24.4 Å². The monoisotopic (exact) mass is 322 g/mol. The van der Waals surface area contributed by atoms with Gasteiger partial charge in [-0.15, -0.1) is 5.10 Å². The average Bonchev–Trinajstić information content (AvgIpc) is 3.25. The van der Waals surface area contributed by atoms with Crippen LogP contribution in [0.2, 0.25) is 0 Å². The van der Waals surface area contributed by atoms with Gasteiger partial charge < -0.3 is 10.4 Å². The summed E-state index contributed by atoms with van der Waals surface area (Å²) in [4.78, 5) is 11.8. The van der Waals surface area contributed by atoms with E-state index in [-0.39, 0.29) is 13.1 Å². The number of halogens is 2. The second-order valence-corrected chi connectivity index (χ2v) is 5.57. The molecule has 23 heavy (non-hydrogen) atoms. The second kappa shape index (κ2) is 6.41. The summed E-state index contributed by atoms with van der Waals surface area (Å²) in [7, 11) is 0. The Hall–Kier alpha value is -2.35. The minimum Gasteiger partial charge on any atom is -0.386 e. The Morgan fingerprint density at radius 2 is 2.09 bits per heavy atom. The van der Waals surface area contributed by atoms with Gasteiger partial charge in [0.1, 0.15) is 24.3 Å². The van der Waals surface area contributed by atoms with Crippen LogP contribution in [0.4, 0.5) is 8.78 Å². The van der Waals surface area contributed by atoms with E-state index < -0.39 is 29.2 Å². The van der Waals surface area contributed by atoms with Gasteiger partial charge in [-0.3, -0.25) is 4.79 Å². The number of rotatable bonds is 6. The zero-order valence-corrected chi connectivity index (χ0v) is 12.2. The average molecular weight is 322 g/mol. The molecule has 0 spiro atoms. The summed E-state index contributed by atoms with van der Waals surface area (Å²) in [6.45, 7) is -0.354. The molecule has 1 fully saturated rings. The topological polar surface area (TPSA) is 80.0 Å². The van der Waals surface area contributed by atoms with Gasteiger partial charge in [0, 0.05) is 18.7 Å². The summed E-state index contributed by atoms with van der Waals surface area (Å²) in [6.07, 6.45) is 2.43. The lowest BCUT2D eigenvalue weighted by Gasteiger charge is -2.13. The lowest BCUT2D eigenvalue weighted by molar-refractivity contribution is -0.122. The Morgan fingerprint density at radius 3 is 2.74 bits per heavy atom. The SMILES string of the molecule is O=C(Cn1cc(C2CC2)nn1)NCC(O)c1c(F)cccc1F. The number of hydrogen-bond donors (Lipinski definition) is 2. The van der Waals surface area contributed by atoms with Crippen molar-refractivity contribution in [2.75, 3.05) is 6.54 Å². The zero-order chi connectivity index (χ0) is 16.4. The first-order chi connectivity index (χ1) is 11.0. The predicted molar refractivity (Wildman–Crippen MR) is 76.3 cm³/mol. The molecule has 1 aliphatic carbocycles. The molecule has 1 aromatic heterocycles. The molecule has 0 aliphatic heterocycles. The molecule has 8 heteroatoms. The van der Waals surface area contributed by atoms with Gasteiger partial charge in [-0.1, -0.05) is 11.3 Å². The molecular formula is C15H16F2N4O2. The third kappa shape index (κ3) is 3.70. The van der Waals surface area contributed by atoms with Gasteiger partial charge in [-0.25, -0.2) is 13.5 Å². The number of benzene rings is 1. The highest BCUT2D eigenvalue weighted by molar-refractivity contribution is 5.75. The number of amides is 1. The number of hydrogen-bond acceptors (Lipinski definition) is 4. The highest BCUT2D eigenvalue weighted by Crippen LogP contribution is 2.38. The predicted octanol–water partition coefficient (Wildman–Crippen LogP) is 1.28. The fraction of sp³-hybridized carbons (Fsp3) is 0.400. The van der Waals surface area contributed by atoms with E-state index in [0.717, 1.165) is 30.7 Å². The largest absolute Gasteiger partial charge is 0.386 e. The van der Waals surface area contributed by atoms with Crippen LogP contribution >= 0.6 is 0 Å². The first-order valence-electron chi connectivity index (χ1n) is 7.33. The standard InChI is InChI=1S/C15H16F2N4O2/c16-10-2-1-3-11(17)15(10)13(22)6-18-14(23)8-21-7-12(19-20-21)9-4-5-9/h1-3,7,9,13,22H,4-6,8H2,(H,18,23). The van der Waals surface area contributed by atoms with Crippen molar-refractivity contribution in [1.29, 1.82) is 0 Å². The minimum atomic E-state index is -1.46. The van der Waals surface area contributed by atoms with Crippen molar-refractivity contribution in [2.24, 2.45) is 0 Å². The van der Waals surface area contributed by atoms with Gasteiger partial charge in [0.15, 0.2) is 0 Å². The van der Waals surface area contributed by atoms with E-state index in [9.17, 15) is 18.7 Å². The maximum absolute atomic E-state index is 13.5. The molecule has 0 bridgehead atoms. The summed E-state index contributed by atoms with van der Waals surface area (Å²) in [5.41, 5.74) is 0.413. The van der Waals surface area contributed by atoms with Crippen LogP contribution in [0.1, 0.15) is 36.1 Å². The third-order valence-electron chi connectivity index (χ3n) is 3.68. The van der Waals surface area contributed by atoms with Crippen molar-refractivity contribution >= 4 is 5.91 Å². The van der Waals surface area contributed by atoms with E-state index in [0.29, 0.717) is 5.92 Å². The summed E-state index contributed by atoms with van der Waals surface area (Å²) < 4.78 is 28.4. The van der Waals surface area contributed by atoms with E-state index in [1.165, 1.54) is 10.7 Å². The van der Waals surface area contributed by atoms with E-state index in [1.807, 2.05) is 0 Å². The molecule has 0 saturated heterocycles. The van der Waals surface area contributed by atoms with E-state index in [1.54, 1.807) is 6.20 Å². The summed E-state index contributed by atoms with van der Waals surface area (Å²) in [6, 6.07) is 3.32. The fourth-order valence-corrected chi connectivity index (χ4v) is 2.30. The highest BCUT2D eigenvalue weighted by atomic mass is 19.1. The van der Waals surface area contributed by atoms with Crippen molar-refractivity contribution in [3.8, 4) is 0 Å². The second-order valence-electron chi connectivity index (χ2n) is 5.57. The van der Waals surface area contributed by atoms with Crippen molar-refractivity contribution in [2.45, 2.75) is 31.4 Å². The molecule has 1 heterocycles. The van der Waals surface area contributed by atoms with Crippen LogP contribution in [0.5, 0.6) is 0 Å². The van der Waals surface area contributed by atoms with Crippen molar-refractivity contribution in [3.63, 3.8) is 0 Å². The molecule has 1 aliphatic rings. The maximum Gasteiger partial charge on any atom is 0.241 e. The lowest BCUT2D eigenvalue weighted by Crippen LogP contribution is -2.32. The lowest BCUT2D eigenvalue weighted by atomic mass is 10.1. The van der Waals surface area contributed by atoms with Gasteiger partial charge in [0.25, 0.3) is 0 Å². The maximum atomic E-state index is 13.5. The molecule has 6 nitrogen and oxygen atoms in total. The third-order valence-corrected chi connectivity index (χ3v) is 3.68. The van der Waals surface area contributed by atoms with Crippen LogP contribution in [0.25, 0.3) is 0 Å². The number of carbonyl (C=O) groups is 1. The Morgan fingerprint density at radius 1 is 1.39 bits per heavy atom. The Bertz CT molecular complexity index is 695. The van der Waals surface area contributed by atoms with Crippen LogP contribution in [0.3, 0.4) is 0 Å². The normalized spacial score (nSPS) is 15.4. The summed E-state index contributed by atoms with van der Waals surface area (Å²) >= 11 is 0. The molecule has 0 radical (unpaired) electrons. The van der Waals surface area contributed by atoms with Crippen LogP contribution in [0, 0.1) is 11.6 Å². The Kier molecular flexibility index (Phi) is 4.33. The van der Waals surface area contributed by atoms with E-state index >= 15 is 0 Å². The number of aromatic nitrogens is 3. The molecule has 1 unspecified atom stereocenters. The van der Waals surface area contributed by atoms with Crippen LogP contribution in [-0.2, 0) is 11.3 Å². The molecule has 3 rings (SSSR count). The fourth-order valence-electron chi connectivity index (χ4n) is 2.30. The van der Waals surface area contributed by atoms with Crippen molar-refractivity contribution in [3.05, 3.63) is 47.3 Å². The summed E-state index contributed by atoms with van der Waals surface area (Å²) in [5, 5.41) is 20.1. The summed E-state index contributed by atoms with van der Waals surface area (Å²) in [5.74, 6) is -1.68. The molecule has 1 aromatic carbocycles. The van der Waals surface area contributed by atoms with Crippen molar-refractivity contribution < 1.29 is 18.7 Å². The van der Waals surface area contributed by atoms with E-state index in [4.69, 9.17) is 0 Å². The smallest absolute Gasteiger partial charge is 0.241 e. The Balaban J connectivity index is 1.53. The molecule has 1 atom stereocenters. The van der Waals surface area contributed by atoms with Gasteiger partial charge in [-0.05, 0) is 25.0 Å². The molecule has 122 valence electrons. The number of nitrogens with one attached hydrogen (secondary N) is 1. The highest BCUT2D eigenvalue weighted by Gasteiger charge is 2.26. The van der Waals surface area contributed by atoms with Gasteiger partial charge in [0.05, 0.1) is 11.3 Å². The molecule has 2 aromatic rings. The molecule has 2 N–H and O–H groups in total. The molecule has 1 saturated carbocycles. The number of carbonyl (C=O) groups excluding carboxylic acids is 1. The van der Waals surface area contributed by atoms with Gasteiger partial charge in [-0.2, -0.15) is 0 Å². The zero-order valence-electron chi connectivity index (χ0n) is 12.2. The number of aliphatic hydroxyl groups excluding tert-OH is 1. The van der Waals surface area contributed by atoms with Crippen molar-refractivity contribution in [1.82, 2.24) is 20.3 Å². The molecular weight excluding hydrogens is 306 g/mol. The Labute approximate surface area is 131 Å². The number of nitrogens with zero attached hydrogens (tertiary/aromatic N) is 3.